The summed E-state index contributed by atoms with van der Waals surface area (Å²) in [6.45, 7) is 7.17. The van der Waals surface area contributed by atoms with Gasteiger partial charge in [-0.3, -0.25) is 4.79 Å². The van der Waals surface area contributed by atoms with E-state index in [0.717, 1.165) is 31.2 Å². The molecule has 5 nitrogen and oxygen atoms in total. The SMILES string of the molecule is CC1SCCN(C(=O)c2ccc(N3CCCC3)nn2)C1C. The van der Waals surface area contributed by atoms with E-state index in [2.05, 4.69) is 28.9 Å². The molecule has 21 heavy (non-hydrogen) atoms. The monoisotopic (exact) mass is 306 g/mol. The molecule has 2 aliphatic rings. The van der Waals surface area contributed by atoms with Crippen molar-refractivity contribution < 1.29 is 4.79 Å². The molecule has 0 bridgehead atoms. The van der Waals surface area contributed by atoms with Gasteiger partial charge in [0.15, 0.2) is 11.5 Å². The molecule has 114 valence electrons. The van der Waals surface area contributed by atoms with Gasteiger partial charge >= 0.3 is 0 Å². The maximum absolute atomic E-state index is 12.6. The highest BCUT2D eigenvalue weighted by Gasteiger charge is 2.30. The first-order valence-corrected chi connectivity index (χ1v) is 8.73. The fourth-order valence-corrected chi connectivity index (χ4v) is 4.02. The summed E-state index contributed by atoms with van der Waals surface area (Å²) < 4.78 is 0. The van der Waals surface area contributed by atoms with Crippen LogP contribution >= 0.6 is 11.8 Å². The molecule has 0 saturated carbocycles. The highest BCUT2D eigenvalue weighted by Crippen LogP contribution is 2.25. The van der Waals surface area contributed by atoms with E-state index in [1.54, 1.807) is 0 Å². The molecule has 2 unspecified atom stereocenters. The second kappa shape index (κ2) is 6.22. The lowest BCUT2D eigenvalue weighted by molar-refractivity contribution is 0.0691. The lowest BCUT2D eigenvalue weighted by Crippen LogP contribution is -2.48. The van der Waals surface area contributed by atoms with Crippen LogP contribution in [0.25, 0.3) is 0 Å². The molecular weight excluding hydrogens is 284 g/mol. The van der Waals surface area contributed by atoms with E-state index >= 15 is 0 Å². The smallest absolute Gasteiger partial charge is 0.274 e. The van der Waals surface area contributed by atoms with Gasteiger partial charge in [-0.15, -0.1) is 10.2 Å². The number of rotatable bonds is 2. The number of hydrogen-bond acceptors (Lipinski definition) is 5. The molecule has 1 amide bonds. The largest absolute Gasteiger partial charge is 0.355 e. The molecular formula is C15H22N4OS. The van der Waals surface area contributed by atoms with Crippen molar-refractivity contribution in [3.63, 3.8) is 0 Å². The molecule has 0 aliphatic carbocycles. The second-order valence-electron chi connectivity index (χ2n) is 5.79. The van der Waals surface area contributed by atoms with E-state index in [0.29, 0.717) is 10.9 Å². The molecule has 2 fully saturated rings. The number of nitrogens with zero attached hydrogens (tertiary/aromatic N) is 4. The summed E-state index contributed by atoms with van der Waals surface area (Å²) in [5.41, 5.74) is 0.462. The molecule has 0 aromatic carbocycles. The van der Waals surface area contributed by atoms with Crippen LogP contribution in [0.15, 0.2) is 12.1 Å². The number of thioether (sulfide) groups is 1. The van der Waals surface area contributed by atoms with E-state index < -0.39 is 0 Å². The Hall–Kier alpha value is -1.30. The van der Waals surface area contributed by atoms with Crippen molar-refractivity contribution >= 4 is 23.5 Å². The van der Waals surface area contributed by atoms with Crippen molar-refractivity contribution in [3.05, 3.63) is 17.8 Å². The Labute approximate surface area is 130 Å². The Balaban J connectivity index is 1.72. The third-order valence-electron chi connectivity index (χ3n) is 4.44. The molecule has 6 heteroatoms. The van der Waals surface area contributed by atoms with Gasteiger partial charge in [-0.05, 0) is 31.9 Å². The summed E-state index contributed by atoms with van der Waals surface area (Å²) in [6, 6.07) is 4.00. The van der Waals surface area contributed by atoms with Gasteiger partial charge in [0, 0.05) is 36.7 Å². The van der Waals surface area contributed by atoms with E-state index in [9.17, 15) is 4.79 Å². The molecule has 0 spiro atoms. The molecule has 2 saturated heterocycles. The number of amides is 1. The van der Waals surface area contributed by atoms with Gasteiger partial charge in [-0.2, -0.15) is 11.8 Å². The second-order valence-corrected chi connectivity index (χ2v) is 7.27. The zero-order valence-electron chi connectivity index (χ0n) is 12.7. The minimum atomic E-state index is 0.00937. The highest BCUT2D eigenvalue weighted by atomic mass is 32.2. The Bertz CT molecular complexity index is 501. The van der Waals surface area contributed by atoms with E-state index in [1.165, 1.54) is 12.8 Å². The number of aromatic nitrogens is 2. The molecule has 1 aromatic heterocycles. The minimum Gasteiger partial charge on any atom is -0.355 e. The Morgan fingerprint density at radius 1 is 1.19 bits per heavy atom. The number of carbonyl (C=O) groups is 1. The number of hydrogen-bond donors (Lipinski definition) is 0. The maximum atomic E-state index is 12.6. The normalized spacial score (nSPS) is 26.2. The van der Waals surface area contributed by atoms with Crippen LogP contribution in [0.2, 0.25) is 0 Å². The summed E-state index contributed by atoms with van der Waals surface area (Å²) in [7, 11) is 0. The molecule has 2 atom stereocenters. The maximum Gasteiger partial charge on any atom is 0.274 e. The summed E-state index contributed by atoms with van der Waals surface area (Å²) >= 11 is 1.93. The van der Waals surface area contributed by atoms with Crippen LogP contribution in [0.3, 0.4) is 0 Å². The standard InChI is InChI=1S/C15H22N4OS/c1-11-12(2)21-10-9-19(11)15(20)13-5-6-14(17-16-13)18-7-3-4-8-18/h5-6,11-12H,3-4,7-10H2,1-2H3. The van der Waals surface area contributed by atoms with Crippen LogP contribution < -0.4 is 4.90 Å². The van der Waals surface area contributed by atoms with Gasteiger partial charge < -0.3 is 9.80 Å². The molecule has 3 heterocycles. The first kappa shape index (κ1) is 14.6. The van der Waals surface area contributed by atoms with Gasteiger partial charge in [0.05, 0.1) is 0 Å². The minimum absolute atomic E-state index is 0.00937. The first-order valence-electron chi connectivity index (χ1n) is 7.68. The zero-order valence-corrected chi connectivity index (χ0v) is 13.5. The highest BCUT2D eigenvalue weighted by molar-refractivity contribution is 8.00. The van der Waals surface area contributed by atoms with Crippen LogP contribution in [-0.2, 0) is 0 Å². The van der Waals surface area contributed by atoms with Gasteiger partial charge in [0.2, 0.25) is 0 Å². The summed E-state index contributed by atoms with van der Waals surface area (Å²) in [6.07, 6.45) is 2.42. The molecule has 0 N–H and O–H groups in total. The van der Waals surface area contributed by atoms with Gasteiger partial charge in [-0.1, -0.05) is 6.92 Å². The van der Waals surface area contributed by atoms with Crippen LogP contribution in [0.1, 0.15) is 37.2 Å². The van der Waals surface area contributed by atoms with Crippen molar-refractivity contribution in [2.45, 2.75) is 38.0 Å². The first-order chi connectivity index (χ1) is 10.2. The molecule has 2 aliphatic heterocycles. The lowest BCUT2D eigenvalue weighted by Gasteiger charge is -2.37. The van der Waals surface area contributed by atoms with Gasteiger partial charge in [0.1, 0.15) is 0 Å². The van der Waals surface area contributed by atoms with Gasteiger partial charge in [-0.25, -0.2) is 0 Å². The summed E-state index contributed by atoms with van der Waals surface area (Å²) in [5.74, 6) is 1.89. The Morgan fingerprint density at radius 3 is 2.62 bits per heavy atom. The van der Waals surface area contributed by atoms with Crippen LogP contribution in [-0.4, -0.2) is 57.7 Å². The van der Waals surface area contributed by atoms with Crippen molar-refractivity contribution in [1.82, 2.24) is 15.1 Å². The number of carbonyl (C=O) groups excluding carboxylic acids is 1. The quantitative estimate of drug-likeness (QED) is 0.837. The topological polar surface area (TPSA) is 49.3 Å². The van der Waals surface area contributed by atoms with Crippen molar-refractivity contribution in [1.29, 1.82) is 0 Å². The van der Waals surface area contributed by atoms with Crippen LogP contribution in [0.5, 0.6) is 0 Å². The van der Waals surface area contributed by atoms with E-state index in [4.69, 9.17) is 0 Å². The average Bonchev–Trinajstić information content (AvgIpc) is 3.04. The fourth-order valence-electron chi connectivity index (χ4n) is 2.92. The van der Waals surface area contributed by atoms with Crippen LogP contribution in [0, 0.1) is 0 Å². The van der Waals surface area contributed by atoms with Crippen molar-refractivity contribution in [2.24, 2.45) is 0 Å². The van der Waals surface area contributed by atoms with Crippen molar-refractivity contribution in [2.75, 3.05) is 30.3 Å². The third kappa shape index (κ3) is 3.00. The molecule has 3 rings (SSSR count). The molecule has 1 aromatic rings. The number of anilines is 1. The zero-order chi connectivity index (χ0) is 14.8. The Morgan fingerprint density at radius 2 is 1.95 bits per heavy atom. The van der Waals surface area contributed by atoms with E-state index in [1.807, 2.05) is 28.8 Å². The van der Waals surface area contributed by atoms with Crippen LogP contribution in [0.4, 0.5) is 5.82 Å². The fraction of sp³-hybridized carbons (Fsp3) is 0.667. The third-order valence-corrected chi connectivity index (χ3v) is 5.78. The van der Waals surface area contributed by atoms with Crippen molar-refractivity contribution in [3.8, 4) is 0 Å². The predicted octanol–water partition coefficient (Wildman–Crippen LogP) is 2.04. The Kier molecular flexibility index (Phi) is 4.33. The van der Waals surface area contributed by atoms with E-state index in [-0.39, 0.29) is 11.9 Å². The van der Waals surface area contributed by atoms with Gasteiger partial charge in [0.25, 0.3) is 5.91 Å². The predicted molar refractivity (Wildman–Crippen MR) is 85.9 cm³/mol. The summed E-state index contributed by atoms with van der Waals surface area (Å²) in [5, 5.41) is 8.88. The summed E-state index contributed by atoms with van der Waals surface area (Å²) in [4.78, 5) is 16.7. The molecule has 0 radical (unpaired) electrons. The average molecular weight is 306 g/mol. The lowest BCUT2D eigenvalue weighted by atomic mass is 10.2.